The number of hydrogen-bond donors (Lipinski definition) is 1. The minimum Gasteiger partial charge on any atom is -0.493 e. The number of imidazole rings is 1. The van der Waals surface area contributed by atoms with Gasteiger partial charge in [0.1, 0.15) is 12.3 Å². The zero-order valence-corrected chi connectivity index (χ0v) is 19.3. The fourth-order valence-corrected chi connectivity index (χ4v) is 4.03. The van der Waals surface area contributed by atoms with Gasteiger partial charge >= 0.3 is 0 Å². The van der Waals surface area contributed by atoms with Gasteiger partial charge in [0.15, 0.2) is 17.2 Å². The van der Waals surface area contributed by atoms with E-state index in [0.29, 0.717) is 23.1 Å². The smallest absolute Gasteiger partial charge is 0.276 e. The Labute approximate surface area is 201 Å². The summed E-state index contributed by atoms with van der Waals surface area (Å²) in [6, 6.07) is 10.9. The monoisotopic (exact) mass is 478 g/mol. The van der Waals surface area contributed by atoms with Gasteiger partial charge in [0.25, 0.3) is 5.91 Å². The van der Waals surface area contributed by atoms with Crippen LogP contribution in [-0.2, 0) is 6.61 Å². The van der Waals surface area contributed by atoms with Crippen molar-refractivity contribution in [3.63, 3.8) is 0 Å². The number of carbonyl (C=O) groups excluding carboxylic acids is 1. The van der Waals surface area contributed by atoms with E-state index in [4.69, 9.17) is 21.1 Å². The molecule has 1 amide bonds. The van der Waals surface area contributed by atoms with Crippen molar-refractivity contribution in [2.45, 2.75) is 19.4 Å². The van der Waals surface area contributed by atoms with Crippen LogP contribution in [0.3, 0.4) is 0 Å². The number of nitrogens with zero attached hydrogens (tertiary/aromatic N) is 5. The van der Waals surface area contributed by atoms with Gasteiger partial charge in [0.2, 0.25) is 5.95 Å². The number of rotatable bonds is 7. The number of methoxy groups -OCH3 is 1. The first-order valence-corrected chi connectivity index (χ1v) is 11.3. The molecule has 4 aromatic rings. The Balaban J connectivity index is 1.32. The number of halogens is 1. The molecule has 0 aliphatic carbocycles. The van der Waals surface area contributed by atoms with Crippen molar-refractivity contribution in [3.05, 3.63) is 71.4 Å². The molecule has 1 aromatic carbocycles. The Kier molecular flexibility index (Phi) is 6.18. The first kappa shape index (κ1) is 22.0. The van der Waals surface area contributed by atoms with E-state index in [-0.39, 0.29) is 17.3 Å². The molecule has 5 rings (SSSR count). The van der Waals surface area contributed by atoms with Crippen LogP contribution >= 0.6 is 11.6 Å². The van der Waals surface area contributed by atoms with E-state index >= 15 is 0 Å². The Morgan fingerprint density at radius 3 is 2.79 bits per heavy atom. The van der Waals surface area contributed by atoms with Crippen molar-refractivity contribution in [2.75, 3.05) is 30.4 Å². The Morgan fingerprint density at radius 1 is 1.15 bits per heavy atom. The molecule has 0 atom stereocenters. The molecule has 34 heavy (non-hydrogen) atoms. The van der Waals surface area contributed by atoms with Gasteiger partial charge in [0.05, 0.1) is 24.0 Å². The average Bonchev–Trinajstić information content (AvgIpc) is 3.53. The predicted molar refractivity (Wildman–Crippen MR) is 129 cm³/mol. The lowest BCUT2D eigenvalue weighted by Crippen LogP contribution is -2.23. The maximum Gasteiger partial charge on any atom is 0.276 e. The van der Waals surface area contributed by atoms with Crippen LogP contribution in [0, 0.1) is 0 Å². The van der Waals surface area contributed by atoms with Gasteiger partial charge in [0, 0.05) is 37.2 Å². The molecule has 1 N–H and O–H groups in total. The molecule has 1 saturated heterocycles. The van der Waals surface area contributed by atoms with E-state index < -0.39 is 5.91 Å². The van der Waals surface area contributed by atoms with Gasteiger partial charge in [-0.3, -0.25) is 4.79 Å². The van der Waals surface area contributed by atoms with Crippen LogP contribution in [-0.4, -0.2) is 45.5 Å². The van der Waals surface area contributed by atoms with Crippen LogP contribution in [0.15, 0.2) is 55.0 Å². The lowest BCUT2D eigenvalue weighted by Gasteiger charge is -2.16. The molecule has 0 saturated carbocycles. The van der Waals surface area contributed by atoms with E-state index in [1.54, 1.807) is 25.3 Å². The predicted octanol–water partition coefficient (Wildman–Crippen LogP) is 4.22. The SMILES string of the molecule is COc1ccc(NC(=O)c2nc(N3CCCC3)ncc2Cl)cc1OCc1cn2ccccc2n1. The summed E-state index contributed by atoms with van der Waals surface area (Å²) in [4.78, 5) is 28.2. The number of carbonyl (C=O) groups is 1. The van der Waals surface area contributed by atoms with Crippen LogP contribution in [0.5, 0.6) is 11.5 Å². The topological polar surface area (TPSA) is 93.9 Å². The van der Waals surface area contributed by atoms with Crippen molar-refractivity contribution < 1.29 is 14.3 Å². The summed E-state index contributed by atoms with van der Waals surface area (Å²) in [6.07, 6.45) is 7.46. The molecular formula is C24H23ClN6O3. The minimum atomic E-state index is -0.427. The van der Waals surface area contributed by atoms with Gasteiger partial charge in [-0.05, 0) is 37.1 Å². The third-order valence-corrected chi connectivity index (χ3v) is 5.82. The number of hydrogen-bond acceptors (Lipinski definition) is 7. The highest BCUT2D eigenvalue weighted by Gasteiger charge is 2.20. The van der Waals surface area contributed by atoms with Crippen LogP contribution in [0.1, 0.15) is 29.0 Å². The number of nitrogens with one attached hydrogen (secondary N) is 1. The average molecular weight is 479 g/mol. The van der Waals surface area contributed by atoms with E-state index in [2.05, 4.69) is 20.3 Å². The molecular weight excluding hydrogens is 456 g/mol. The van der Waals surface area contributed by atoms with Crippen LogP contribution in [0.25, 0.3) is 5.65 Å². The van der Waals surface area contributed by atoms with E-state index in [1.165, 1.54) is 6.20 Å². The van der Waals surface area contributed by atoms with E-state index in [1.807, 2.05) is 39.9 Å². The van der Waals surface area contributed by atoms with Gasteiger partial charge in [-0.25, -0.2) is 15.0 Å². The van der Waals surface area contributed by atoms with Crippen molar-refractivity contribution in [3.8, 4) is 11.5 Å². The standard InChI is InChI=1S/C24H23ClN6O3/c1-33-19-8-7-16(12-20(19)34-15-17-14-31-11-3-2-6-21(31)27-17)28-23(32)22-18(25)13-26-24(29-22)30-9-4-5-10-30/h2-3,6-8,11-14H,4-5,9-10,15H2,1H3,(H,28,32). The molecule has 1 aliphatic rings. The highest BCUT2D eigenvalue weighted by molar-refractivity contribution is 6.34. The number of benzene rings is 1. The summed E-state index contributed by atoms with van der Waals surface area (Å²) in [5.41, 5.74) is 2.25. The third-order valence-electron chi connectivity index (χ3n) is 5.55. The maximum absolute atomic E-state index is 13.0. The molecule has 0 radical (unpaired) electrons. The van der Waals surface area contributed by atoms with Gasteiger partial charge in [-0.2, -0.15) is 0 Å². The fourth-order valence-electron chi connectivity index (χ4n) is 3.85. The number of fused-ring (bicyclic) bond motifs is 1. The summed E-state index contributed by atoms with van der Waals surface area (Å²) < 4.78 is 13.3. The molecule has 9 nitrogen and oxygen atoms in total. The molecule has 10 heteroatoms. The van der Waals surface area contributed by atoms with Gasteiger partial charge in [-0.15, -0.1) is 0 Å². The molecule has 1 aliphatic heterocycles. The highest BCUT2D eigenvalue weighted by Crippen LogP contribution is 2.31. The Bertz CT molecular complexity index is 1300. The van der Waals surface area contributed by atoms with E-state index in [9.17, 15) is 4.79 Å². The van der Waals surface area contributed by atoms with E-state index in [0.717, 1.165) is 37.3 Å². The van der Waals surface area contributed by atoms with Crippen molar-refractivity contribution in [1.82, 2.24) is 19.4 Å². The van der Waals surface area contributed by atoms with Crippen LogP contribution < -0.4 is 19.7 Å². The maximum atomic E-state index is 13.0. The number of aromatic nitrogens is 4. The van der Waals surface area contributed by atoms with Gasteiger partial charge in [-0.1, -0.05) is 17.7 Å². The molecule has 0 unspecified atom stereocenters. The summed E-state index contributed by atoms with van der Waals surface area (Å²) in [5.74, 6) is 1.10. The number of anilines is 2. The molecule has 0 spiro atoms. The quantitative estimate of drug-likeness (QED) is 0.425. The first-order valence-electron chi connectivity index (χ1n) is 10.9. The second-order valence-corrected chi connectivity index (χ2v) is 8.27. The lowest BCUT2D eigenvalue weighted by molar-refractivity contribution is 0.102. The molecule has 1 fully saturated rings. The molecule has 174 valence electrons. The summed E-state index contributed by atoms with van der Waals surface area (Å²) in [7, 11) is 1.56. The van der Waals surface area contributed by atoms with Crippen LogP contribution in [0.4, 0.5) is 11.6 Å². The zero-order chi connectivity index (χ0) is 23.5. The molecule has 3 aromatic heterocycles. The summed E-state index contributed by atoms with van der Waals surface area (Å²) in [5, 5.41) is 3.03. The highest BCUT2D eigenvalue weighted by atomic mass is 35.5. The molecule has 0 bridgehead atoms. The van der Waals surface area contributed by atoms with Crippen molar-refractivity contribution in [1.29, 1.82) is 0 Å². The van der Waals surface area contributed by atoms with Crippen molar-refractivity contribution >= 4 is 34.8 Å². The Hall–Kier alpha value is -3.85. The minimum absolute atomic E-state index is 0.126. The Morgan fingerprint density at radius 2 is 2.00 bits per heavy atom. The fraction of sp³-hybridized carbons (Fsp3) is 0.250. The van der Waals surface area contributed by atoms with Gasteiger partial charge < -0.3 is 24.1 Å². The normalized spacial score (nSPS) is 13.3. The number of pyridine rings is 1. The van der Waals surface area contributed by atoms with Crippen molar-refractivity contribution in [2.24, 2.45) is 0 Å². The second kappa shape index (κ2) is 9.56. The largest absolute Gasteiger partial charge is 0.493 e. The first-order chi connectivity index (χ1) is 16.6. The lowest BCUT2D eigenvalue weighted by atomic mass is 10.2. The summed E-state index contributed by atoms with van der Waals surface area (Å²) >= 11 is 6.24. The zero-order valence-electron chi connectivity index (χ0n) is 18.6. The summed E-state index contributed by atoms with van der Waals surface area (Å²) in [6.45, 7) is 1.98. The third kappa shape index (κ3) is 4.60. The number of amides is 1. The molecule has 4 heterocycles. The number of ether oxygens (including phenoxy) is 2. The second-order valence-electron chi connectivity index (χ2n) is 7.87. The van der Waals surface area contributed by atoms with Crippen LogP contribution in [0.2, 0.25) is 5.02 Å².